The number of nitrogens with one attached hydrogen (secondary N) is 1. The van der Waals surface area contributed by atoms with E-state index in [1.807, 2.05) is 0 Å². The summed E-state index contributed by atoms with van der Waals surface area (Å²) >= 11 is 9.55. The van der Waals surface area contributed by atoms with Crippen molar-refractivity contribution in [3.8, 4) is 0 Å². The molecule has 0 atom stereocenters. The first kappa shape index (κ1) is 12.7. The van der Waals surface area contributed by atoms with Gasteiger partial charge >= 0.3 is 0 Å². The van der Waals surface area contributed by atoms with Crippen molar-refractivity contribution in [2.24, 2.45) is 0 Å². The Hall–Kier alpha value is -0.390. The van der Waals surface area contributed by atoms with Crippen LogP contribution in [0.25, 0.3) is 0 Å². The van der Waals surface area contributed by atoms with Gasteiger partial charge in [-0.05, 0) is 24.6 Å². The van der Waals surface area contributed by atoms with Crippen molar-refractivity contribution < 1.29 is 8.42 Å². The zero-order valence-corrected chi connectivity index (χ0v) is 10.4. The maximum absolute atomic E-state index is 11.5. The molecule has 0 radical (unpaired) electrons. The molecule has 6 heteroatoms. The van der Waals surface area contributed by atoms with Crippen LogP contribution in [0.2, 0.25) is 0 Å². The van der Waals surface area contributed by atoms with Gasteiger partial charge < -0.3 is 0 Å². The molecule has 1 rings (SSSR count). The molecule has 0 aliphatic carbocycles. The number of sulfonamides is 1. The van der Waals surface area contributed by atoms with Crippen LogP contribution < -0.4 is 4.72 Å². The fourth-order valence-corrected chi connectivity index (χ4v) is 2.67. The van der Waals surface area contributed by atoms with E-state index in [9.17, 15) is 8.42 Å². The molecule has 84 valence electrons. The zero-order valence-electron chi connectivity index (χ0n) is 7.98. The smallest absolute Gasteiger partial charge is 0.232 e. The quantitative estimate of drug-likeness (QED) is 0.634. The Kier molecular flexibility index (Phi) is 4.76. The molecule has 0 bridgehead atoms. The summed E-state index contributed by atoms with van der Waals surface area (Å²) in [4.78, 5) is 0.715. The maximum Gasteiger partial charge on any atom is 0.232 e. The first-order valence-electron chi connectivity index (χ1n) is 4.39. The summed E-state index contributed by atoms with van der Waals surface area (Å²) in [6, 6.07) is 6.85. The van der Waals surface area contributed by atoms with Crippen LogP contribution in [0, 0.1) is 0 Å². The molecule has 0 amide bonds. The Balaban J connectivity index is 2.69. The molecular formula is C9H12ClNO2S2. The van der Waals surface area contributed by atoms with Crippen LogP contribution in [0.1, 0.15) is 6.42 Å². The fourth-order valence-electron chi connectivity index (χ4n) is 1.04. The maximum atomic E-state index is 11.5. The van der Waals surface area contributed by atoms with Gasteiger partial charge in [0, 0.05) is 16.5 Å². The molecule has 0 saturated carbocycles. The van der Waals surface area contributed by atoms with Crippen LogP contribution in [0.3, 0.4) is 0 Å². The molecule has 0 spiro atoms. The van der Waals surface area contributed by atoms with Crippen molar-refractivity contribution in [3.63, 3.8) is 0 Å². The summed E-state index contributed by atoms with van der Waals surface area (Å²) in [5, 5.41) is 0. The average molecular weight is 266 g/mol. The lowest BCUT2D eigenvalue weighted by molar-refractivity contribution is 0.600. The van der Waals surface area contributed by atoms with E-state index in [1.54, 1.807) is 24.3 Å². The predicted molar refractivity (Wildman–Crippen MR) is 66.4 cm³/mol. The first-order chi connectivity index (χ1) is 7.03. The van der Waals surface area contributed by atoms with Crippen LogP contribution in [0.15, 0.2) is 29.2 Å². The Morgan fingerprint density at radius 3 is 2.73 bits per heavy atom. The number of anilines is 1. The second-order valence-corrected chi connectivity index (χ2v) is 5.75. The molecule has 0 aliphatic rings. The molecule has 0 aliphatic heterocycles. The van der Waals surface area contributed by atoms with Crippen LogP contribution in [0.4, 0.5) is 5.69 Å². The number of halogens is 1. The largest absolute Gasteiger partial charge is 0.284 e. The van der Waals surface area contributed by atoms with Gasteiger partial charge in [-0.25, -0.2) is 8.42 Å². The first-order valence-corrected chi connectivity index (χ1v) is 7.02. The Morgan fingerprint density at radius 2 is 2.13 bits per heavy atom. The van der Waals surface area contributed by atoms with E-state index in [1.165, 1.54) is 0 Å². The number of thiol groups is 1. The van der Waals surface area contributed by atoms with E-state index in [2.05, 4.69) is 17.4 Å². The minimum atomic E-state index is -3.28. The number of hydrogen-bond acceptors (Lipinski definition) is 3. The molecule has 0 saturated heterocycles. The molecular weight excluding hydrogens is 254 g/mol. The highest BCUT2D eigenvalue weighted by Gasteiger charge is 2.09. The van der Waals surface area contributed by atoms with Gasteiger partial charge in [0.05, 0.1) is 5.75 Å². The van der Waals surface area contributed by atoms with Gasteiger partial charge in [-0.15, -0.1) is 24.2 Å². The Morgan fingerprint density at radius 1 is 1.40 bits per heavy atom. The van der Waals surface area contributed by atoms with Gasteiger partial charge in [0.15, 0.2) is 0 Å². The standard InChI is InChI=1S/C9H12ClNO2S2/c10-5-2-6-15(12,13)11-8-3-1-4-9(14)7-8/h1,3-4,7,11,14H,2,5-6H2. The van der Waals surface area contributed by atoms with Crippen molar-refractivity contribution >= 4 is 39.9 Å². The number of benzene rings is 1. The molecule has 0 fully saturated rings. The van der Waals surface area contributed by atoms with Crippen molar-refractivity contribution in [3.05, 3.63) is 24.3 Å². The average Bonchev–Trinajstić information content (AvgIpc) is 2.14. The number of rotatable bonds is 5. The Bertz CT molecular complexity index is 420. The highest BCUT2D eigenvalue weighted by molar-refractivity contribution is 7.92. The van der Waals surface area contributed by atoms with E-state index >= 15 is 0 Å². The molecule has 15 heavy (non-hydrogen) atoms. The summed E-state index contributed by atoms with van der Waals surface area (Å²) < 4.78 is 25.4. The molecule has 1 aromatic rings. The Labute approximate surface area is 100 Å². The van der Waals surface area contributed by atoms with Crippen LogP contribution in [-0.2, 0) is 10.0 Å². The SMILES string of the molecule is O=S(=O)(CCCCl)Nc1cccc(S)c1. The lowest BCUT2D eigenvalue weighted by Gasteiger charge is -2.07. The van der Waals surface area contributed by atoms with Crippen molar-refractivity contribution in [2.45, 2.75) is 11.3 Å². The zero-order chi connectivity index (χ0) is 11.3. The number of hydrogen-bond donors (Lipinski definition) is 2. The van der Waals surface area contributed by atoms with Gasteiger partial charge in [0.2, 0.25) is 10.0 Å². The molecule has 0 aromatic heterocycles. The monoisotopic (exact) mass is 265 g/mol. The van der Waals surface area contributed by atoms with Crippen molar-refractivity contribution in [2.75, 3.05) is 16.4 Å². The molecule has 1 N–H and O–H groups in total. The number of alkyl halides is 1. The van der Waals surface area contributed by atoms with Crippen LogP contribution in [0.5, 0.6) is 0 Å². The summed E-state index contributed by atoms with van der Waals surface area (Å²) in [5.74, 6) is 0.376. The normalized spacial score (nSPS) is 11.3. The van der Waals surface area contributed by atoms with E-state index in [0.717, 1.165) is 0 Å². The molecule has 0 unspecified atom stereocenters. The predicted octanol–water partition coefficient (Wildman–Crippen LogP) is 2.35. The summed E-state index contributed by atoms with van der Waals surface area (Å²) in [5.41, 5.74) is 0.525. The molecule has 0 heterocycles. The highest BCUT2D eigenvalue weighted by Crippen LogP contribution is 2.15. The van der Waals surface area contributed by atoms with E-state index < -0.39 is 10.0 Å². The highest BCUT2D eigenvalue weighted by atomic mass is 35.5. The molecule has 1 aromatic carbocycles. The lowest BCUT2D eigenvalue weighted by atomic mass is 10.3. The van der Waals surface area contributed by atoms with Crippen molar-refractivity contribution in [1.82, 2.24) is 0 Å². The topological polar surface area (TPSA) is 46.2 Å². The second kappa shape index (κ2) is 5.63. The summed E-state index contributed by atoms with van der Waals surface area (Å²) in [6.45, 7) is 0. The van der Waals surface area contributed by atoms with Crippen LogP contribution in [-0.4, -0.2) is 20.1 Å². The van der Waals surface area contributed by atoms with E-state index in [4.69, 9.17) is 11.6 Å². The third-order valence-electron chi connectivity index (χ3n) is 1.67. The van der Waals surface area contributed by atoms with Gasteiger partial charge in [-0.3, -0.25) is 4.72 Å². The van der Waals surface area contributed by atoms with Crippen LogP contribution >= 0.6 is 24.2 Å². The van der Waals surface area contributed by atoms with Gasteiger partial charge in [-0.1, -0.05) is 6.07 Å². The van der Waals surface area contributed by atoms with Gasteiger partial charge in [0.25, 0.3) is 0 Å². The van der Waals surface area contributed by atoms with Gasteiger partial charge in [0.1, 0.15) is 0 Å². The van der Waals surface area contributed by atoms with Gasteiger partial charge in [-0.2, -0.15) is 0 Å². The second-order valence-electron chi connectivity index (χ2n) is 3.01. The fraction of sp³-hybridized carbons (Fsp3) is 0.333. The van der Waals surface area contributed by atoms with E-state index in [-0.39, 0.29) is 5.75 Å². The lowest BCUT2D eigenvalue weighted by Crippen LogP contribution is -2.16. The summed E-state index contributed by atoms with van der Waals surface area (Å²) in [6.07, 6.45) is 0.442. The third kappa shape index (κ3) is 4.77. The summed E-state index contributed by atoms with van der Waals surface area (Å²) in [7, 11) is -3.28. The third-order valence-corrected chi connectivity index (χ3v) is 3.58. The van der Waals surface area contributed by atoms with E-state index in [0.29, 0.717) is 22.9 Å². The minimum absolute atomic E-state index is 0.0350. The molecule has 3 nitrogen and oxygen atoms in total. The minimum Gasteiger partial charge on any atom is -0.284 e. The van der Waals surface area contributed by atoms with Crippen molar-refractivity contribution in [1.29, 1.82) is 0 Å².